The molecule has 0 aromatic heterocycles. The molecule has 0 saturated carbocycles. The van der Waals surface area contributed by atoms with E-state index in [2.05, 4.69) is 61.6 Å². The number of hydrogen-bond acceptors (Lipinski definition) is 1. The number of fused-ring (bicyclic) bond motifs is 1. The molecule has 0 saturated heterocycles. The summed E-state index contributed by atoms with van der Waals surface area (Å²) in [5.74, 6) is 0. The molecule has 2 rings (SSSR count). The monoisotopic (exact) mass is 263 g/mol. The Balaban J connectivity index is 0.00000162. The van der Waals surface area contributed by atoms with Gasteiger partial charge in [0.2, 0.25) is 0 Å². The van der Waals surface area contributed by atoms with Crippen LogP contribution in [-0.4, -0.2) is 13.6 Å². The predicted octanol–water partition coefficient (Wildman–Crippen LogP) is 4.05. The third-order valence-electron chi connectivity index (χ3n) is 3.15. The second kappa shape index (κ2) is 6.21. The van der Waals surface area contributed by atoms with Crippen molar-refractivity contribution in [2.45, 2.75) is 20.3 Å². The summed E-state index contributed by atoms with van der Waals surface area (Å²) in [6.07, 6.45) is 1.11. The van der Waals surface area contributed by atoms with Gasteiger partial charge in [-0.3, -0.25) is 0 Å². The van der Waals surface area contributed by atoms with E-state index in [1.54, 1.807) is 0 Å². The largest absolute Gasteiger partial charge is 0.319 e. The maximum atomic E-state index is 3.27. The third-order valence-corrected chi connectivity index (χ3v) is 3.15. The molecule has 0 unspecified atom stereocenters. The van der Waals surface area contributed by atoms with Crippen LogP contribution in [0.1, 0.15) is 19.4 Å². The van der Waals surface area contributed by atoms with Crippen molar-refractivity contribution < 1.29 is 0 Å². The highest BCUT2D eigenvalue weighted by atomic mass is 35.5. The number of benzene rings is 2. The van der Waals surface area contributed by atoms with Gasteiger partial charge in [0.1, 0.15) is 0 Å². The van der Waals surface area contributed by atoms with E-state index in [0.29, 0.717) is 5.41 Å². The molecule has 0 atom stereocenters. The first-order valence-electron chi connectivity index (χ1n) is 6.23. The van der Waals surface area contributed by atoms with E-state index < -0.39 is 0 Å². The Labute approximate surface area is 116 Å². The standard InChI is InChI=1S/C16H21N.ClH/c1-16(2,12-17-3)11-13-8-9-14-6-4-5-7-15(14)10-13;/h4-10,17H,11-12H2,1-3H3;1H. The van der Waals surface area contributed by atoms with Crippen LogP contribution in [0.5, 0.6) is 0 Å². The summed E-state index contributed by atoms with van der Waals surface area (Å²) in [5, 5.41) is 5.93. The van der Waals surface area contributed by atoms with Gasteiger partial charge in [-0.15, -0.1) is 12.4 Å². The number of rotatable bonds is 4. The Kier molecular flexibility index (Phi) is 5.18. The van der Waals surface area contributed by atoms with E-state index in [1.165, 1.54) is 16.3 Å². The zero-order valence-electron chi connectivity index (χ0n) is 11.4. The minimum absolute atomic E-state index is 0. The van der Waals surface area contributed by atoms with Gasteiger partial charge in [0.05, 0.1) is 0 Å². The third kappa shape index (κ3) is 3.72. The number of hydrogen-bond donors (Lipinski definition) is 1. The lowest BCUT2D eigenvalue weighted by Crippen LogP contribution is -2.28. The molecule has 1 N–H and O–H groups in total. The smallest absolute Gasteiger partial charge is 0.000270 e. The lowest BCUT2D eigenvalue weighted by atomic mass is 9.85. The Morgan fingerprint density at radius 1 is 1.00 bits per heavy atom. The number of nitrogens with one attached hydrogen (secondary N) is 1. The van der Waals surface area contributed by atoms with E-state index in [9.17, 15) is 0 Å². The van der Waals surface area contributed by atoms with Gasteiger partial charge in [-0.25, -0.2) is 0 Å². The van der Waals surface area contributed by atoms with Gasteiger partial charge in [-0.2, -0.15) is 0 Å². The molecule has 0 fully saturated rings. The SMILES string of the molecule is CNCC(C)(C)Cc1ccc2ccccc2c1.Cl. The van der Waals surface area contributed by atoms with E-state index >= 15 is 0 Å². The fourth-order valence-corrected chi connectivity index (χ4v) is 2.44. The zero-order valence-corrected chi connectivity index (χ0v) is 12.2. The van der Waals surface area contributed by atoms with Crippen LogP contribution >= 0.6 is 12.4 Å². The molecule has 0 aliphatic rings. The summed E-state index contributed by atoms with van der Waals surface area (Å²) in [7, 11) is 2.02. The van der Waals surface area contributed by atoms with Gasteiger partial charge in [-0.05, 0) is 35.2 Å². The van der Waals surface area contributed by atoms with Gasteiger partial charge in [0.25, 0.3) is 0 Å². The molecule has 98 valence electrons. The minimum Gasteiger partial charge on any atom is -0.319 e. The first kappa shape index (κ1) is 15.0. The first-order valence-corrected chi connectivity index (χ1v) is 6.23. The molecule has 1 nitrogen and oxygen atoms in total. The summed E-state index contributed by atoms with van der Waals surface area (Å²) in [6, 6.07) is 15.3. The molecular formula is C16H22ClN. The van der Waals surface area contributed by atoms with E-state index in [0.717, 1.165) is 13.0 Å². The van der Waals surface area contributed by atoms with Crippen LogP contribution in [0.4, 0.5) is 0 Å². The van der Waals surface area contributed by atoms with Crippen LogP contribution in [0.25, 0.3) is 10.8 Å². The summed E-state index contributed by atoms with van der Waals surface area (Å²) in [4.78, 5) is 0. The summed E-state index contributed by atoms with van der Waals surface area (Å²) in [6.45, 7) is 5.65. The first-order chi connectivity index (χ1) is 8.11. The van der Waals surface area contributed by atoms with Crippen LogP contribution < -0.4 is 5.32 Å². The maximum absolute atomic E-state index is 3.27. The Hall–Kier alpha value is -1.05. The molecule has 0 bridgehead atoms. The summed E-state index contributed by atoms with van der Waals surface area (Å²) < 4.78 is 0. The second-order valence-electron chi connectivity index (χ2n) is 5.55. The van der Waals surface area contributed by atoms with Crippen LogP contribution in [0.3, 0.4) is 0 Å². The van der Waals surface area contributed by atoms with Crippen molar-refractivity contribution in [3.63, 3.8) is 0 Å². The van der Waals surface area contributed by atoms with Crippen molar-refractivity contribution >= 4 is 23.2 Å². The molecule has 0 aliphatic carbocycles. The van der Waals surface area contributed by atoms with E-state index in [1.807, 2.05) is 7.05 Å². The number of halogens is 1. The molecule has 2 aromatic rings. The van der Waals surface area contributed by atoms with Gasteiger partial charge in [-0.1, -0.05) is 56.3 Å². The van der Waals surface area contributed by atoms with Gasteiger partial charge in [0.15, 0.2) is 0 Å². The lowest BCUT2D eigenvalue weighted by Gasteiger charge is -2.24. The second-order valence-corrected chi connectivity index (χ2v) is 5.55. The van der Waals surface area contributed by atoms with Crippen LogP contribution in [0.2, 0.25) is 0 Å². The predicted molar refractivity (Wildman–Crippen MR) is 82.6 cm³/mol. The summed E-state index contributed by atoms with van der Waals surface area (Å²) in [5.41, 5.74) is 1.72. The lowest BCUT2D eigenvalue weighted by molar-refractivity contribution is 0.350. The van der Waals surface area contributed by atoms with Crippen molar-refractivity contribution in [1.82, 2.24) is 5.32 Å². The Morgan fingerprint density at radius 2 is 1.67 bits per heavy atom. The van der Waals surface area contributed by atoms with Gasteiger partial charge < -0.3 is 5.32 Å². The Morgan fingerprint density at radius 3 is 2.33 bits per heavy atom. The zero-order chi connectivity index (χ0) is 12.3. The van der Waals surface area contributed by atoms with Gasteiger partial charge >= 0.3 is 0 Å². The van der Waals surface area contributed by atoms with Crippen molar-refractivity contribution in [1.29, 1.82) is 0 Å². The topological polar surface area (TPSA) is 12.0 Å². The van der Waals surface area contributed by atoms with Crippen molar-refractivity contribution in [3.05, 3.63) is 48.0 Å². The van der Waals surface area contributed by atoms with Crippen LogP contribution in [0.15, 0.2) is 42.5 Å². The highest BCUT2D eigenvalue weighted by Gasteiger charge is 2.17. The normalized spacial score (nSPS) is 11.3. The minimum atomic E-state index is 0. The van der Waals surface area contributed by atoms with Crippen LogP contribution in [0, 0.1) is 5.41 Å². The molecule has 2 heteroatoms. The molecular weight excluding hydrogens is 242 g/mol. The fraction of sp³-hybridized carbons (Fsp3) is 0.375. The van der Waals surface area contributed by atoms with Crippen molar-refractivity contribution in [3.8, 4) is 0 Å². The highest BCUT2D eigenvalue weighted by molar-refractivity contribution is 5.85. The molecule has 2 aromatic carbocycles. The molecule has 18 heavy (non-hydrogen) atoms. The molecule has 0 aliphatic heterocycles. The Bertz CT molecular complexity index is 505. The molecule has 0 radical (unpaired) electrons. The van der Waals surface area contributed by atoms with Crippen molar-refractivity contribution in [2.24, 2.45) is 5.41 Å². The molecule has 0 spiro atoms. The van der Waals surface area contributed by atoms with E-state index in [-0.39, 0.29) is 12.4 Å². The quantitative estimate of drug-likeness (QED) is 0.878. The molecule has 0 heterocycles. The summed E-state index contributed by atoms with van der Waals surface area (Å²) >= 11 is 0. The van der Waals surface area contributed by atoms with Crippen molar-refractivity contribution in [2.75, 3.05) is 13.6 Å². The average Bonchev–Trinajstić information content (AvgIpc) is 2.28. The van der Waals surface area contributed by atoms with Gasteiger partial charge in [0, 0.05) is 6.54 Å². The molecule has 0 amide bonds. The fourth-order valence-electron chi connectivity index (χ4n) is 2.44. The highest BCUT2D eigenvalue weighted by Crippen LogP contribution is 2.23. The van der Waals surface area contributed by atoms with E-state index in [4.69, 9.17) is 0 Å². The van der Waals surface area contributed by atoms with Crippen LogP contribution in [-0.2, 0) is 6.42 Å². The maximum Gasteiger partial charge on any atom is 0.000270 e. The average molecular weight is 264 g/mol.